The fourth-order valence-electron chi connectivity index (χ4n) is 2.61. The van der Waals surface area contributed by atoms with Gasteiger partial charge in [0.25, 0.3) is 0 Å². The van der Waals surface area contributed by atoms with Crippen LogP contribution in [-0.4, -0.2) is 69.2 Å². The number of nitrogens with zero attached hydrogens (tertiary/aromatic N) is 2. The van der Waals surface area contributed by atoms with E-state index in [0.717, 1.165) is 32.7 Å². The predicted molar refractivity (Wildman–Crippen MR) is 91.7 cm³/mol. The number of hydrogen-bond acceptors (Lipinski definition) is 5. The Labute approximate surface area is 142 Å². The van der Waals surface area contributed by atoms with Crippen molar-refractivity contribution in [1.82, 2.24) is 9.80 Å². The highest BCUT2D eigenvalue weighted by Gasteiger charge is 2.19. The van der Waals surface area contributed by atoms with Crippen molar-refractivity contribution < 1.29 is 14.3 Å². The van der Waals surface area contributed by atoms with Crippen LogP contribution in [0.4, 0.5) is 5.69 Å². The van der Waals surface area contributed by atoms with Crippen molar-refractivity contribution in [1.29, 1.82) is 0 Å². The number of halogens is 1. The monoisotopic (exact) mass is 341 g/mol. The molecular formula is C16H24ClN3O3. The minimum absolute atomic E-state index is 0.0716. The van der Waals surface area contributed by atoms with E-state index in [4.69, 9.17) is 21.1 Å². The zero-order valence-corrected chi connectivity index (χ0v) is 14.7. The molecule has 0 spiro atoms. The summed E-state index contributed by atoms with van der Waals surface area (Å²) in [5, 5.41) is 3.32. The van der Waals surface area contributed by atoms with Gasteiger partial charge < -0.3 is 19.7 Å². The van der Waals surface area contributed by atoms with Crippen molar-refractivity contribution in [3.8, 4) is 11.5 Å². The fraction of sp³-hybridized carbons (Fsp3) is 0.562. The van der Waals surface area contributed by atoms with Gasteiger partial charge in [0.2, 0.25) is 5.91 Å². The molecule has 0 aliphatic carbocycles. The Kier molecular flexibility index (Phi) is 6.50. The SMILES string of the molecule is CCN1CCN(CC(=O)Nc2cc(OC)c(Cl)cc2OC)CC1. The van der Waals surface area contributed by atoms with E-state index in [0.29, 0.717) is 28.8 Å². The third-order valence-electron chi connectivity index (χ3n) is 4.03. The van der Waals surface area contributed by atoms with Crippen LogP contribution in [-0.2, 0) is 4.79 Å². The minimum Gasteiger partial charge on any atom is -0.495 e. The minimum atomic E-state index is -0.0716. The fourth-order valence-corrected chi connectivity index (χ4v) is 2.85. The molecule has 6 nitrogen and oxygen atoms in total. The largest absolute Gasteiger partial charge is 0.495 e. The molecule has 0 aromatic heterocycles. The molecule has 1 N–H and O–H groups in total. The first kappa shape index (κ1) is 17.8. The lowest BCUT2D eigenvalue weighted by Gasteiger charge is -2.33. The van der Waals surface area contributed by atoms with E-state index in [1.54, 1.807) is 12.1 Å². The van der Waals surface area contributed by atoms with Crippen molar-refractivity contribution in [3.63, 3.8) is 0 Å². The Balaban J connectivity index is 1.97. The van der Waals surface area contributed by atoms with Crippen LogP contribution in [0.15, 0.2) is 12.1 Å². The number of carbonyl (C=O) groups excluding carboxylic acids is 1. The van der Waals surface area contributed by atoms with Crippen LogP contribution in [0, 0.1) is 0 Å². The topological polar surface area (TPSA) is 54.0 Å². The van der Waals surface area contributed by atoms with Crippen molar-refractivity contribution in [2.24, 2.45) is 0 Å². The Morgan fingerprint density at radius 2 is 1.74 bits per heavy atom. The maximum absolute atomic E-state index is 12.3. The average Bonchev–Trinajstić information content (AvgIpc) is 2.56. The Hall–Kier alpha value is -1.50. The summed E-state index contributed by atoms with van der Waals surface area (Å²) < 4.78 is 10.5. The molecule has 1 amide bonds. The molecule has 128 valence electrons. The van der Waals surface area contributed by atoms with Crippen LogP contribution in [0.1, 0.15) is 6.92 Å². The van der Waals surface area contributed by atoms with Gasteiger partial charge in [0.15, 0.2) is 0 Å². The molecule has 1 aliphatic heterocycles. The molecule has 1 aromatic rings. The standard InChI is InChI=1S/C16H24ClN3O3/c1-4-19-5-7-20(8-6-19)11-16(21)18-13-10-14(22-2)12(17)9-15(13)23-3/h9-10H,4-8,11H2,1-3H3,(H,18,21). The molecule has 0 bridgehead atoms. The average molecular weight is 342 g/mol. The Bertz CT molecular complexity index is 546. The highest BCUT2D eigenvalue weighted by molar-refractivity contribution is 6.32. The third-order valence-corrected chi connectivity index (χ3v) is 4.32. The van der Waals surface area contributed by atoms with Gasteiger partial charge in [-0.15, -0.1) is 0 Å². The van der Waals surface area contributed by atoms with Gasteiger partial charge in [-0.2, -0.15) is 0 Å². The molecular weight excluding hydrogens is 318 g/mol. The van der Waals surface area contributed by atoms with Gasteiger partial charge >= 0.3 is 0 Å². The van der Waals surface area contributed by atoms with E-state index in [9.17, 15) is 4.79 Å². The smallest absolute Gasteiger partial charge is 0.238 e. The highest BCUT2D eigenvalue weighted by Crippen LogP contribution is 2.35. The van der Waals surface area contributed by atoms with Gasteiger partial charge in [0, 0.05) is 38.3 Å². The zero-order chi connectivity index (χ0) is 16.8. The van der Waals surface area contributed by atoms with Gasteiger partial charge in [0.05, 0.1) is 31.5 Å². The number of anilines is 1. The highest BCUT2D eigenvalue weighted by atomic mass is 35.5. The van der Waals surface area contributed by atoms with E-state index in [1.807, 2.05) is 0 Å². The molecule has 2 rings (SSSR count). The van der Waals surface area contributed by atoms with Gasteiger partial charge in [-0.05, 0) is 6.54 Å². The summed E-state index contributed by atoms with van der Waals surface area (Å²) in [5.41, 5.74) is 0.561. The third kappa shape index (κ3) is 4.73. The maximum Gasteiger partial charge on any atom is 0.238 e. The number of nitrogens with one attached hydrogen (secondary N) is 1. The van der Waals surface area contributed by atoms with Crippen molar-refractivity contribution in [3.05, 3.63) is 17.2 Å². The van der Waals surface area contributed by atoms with Crippen LogP contribution in [0.2, 0.25) is 5.02 Å². The first-order valence-corrected chi connectivity index (χ1v) is 8.11. The number of ether oxygens (including phenoxy) is 2. The van der Waals surface area contributed by atoms with Crippen molar-refractivity contribution in [2.45, 2.75) is 6.92 Å². The Morgan fingerprint density at radius 1 is 1.13 bits per heavy atom. The number of carbonyl (C=O) groups is 1. The molecule has 0 atom stereocenters. The summed E-state index contributed by atoms with van der Waals surface area (Å²) in [5.74, 6) is 0.942. The van der Waals surface area contributed by atoms with E-state index >= 15 is 0 Å². The van der Waals surface area contributed by atoms with E-state index < -0.39 is 0 Å². The molecule has 1 fully saturated rings. The van der Waals surface area contributed by atoms with Crippen LogP contribution < -0.4 is 14.8 Å². The first-order valence-electron chi connectivity index (χ1n) is 7.73. The molecule has 1 aliphatic rings. The second-order valence-corrected chi connectivity index (χ2v) is 5.85. The van der Waals surface area contributed by atoms with Crippen molar-refractivity contribution >= 4 is 23.2 Å². The summed E-state index contributed by atoms with van der Waals surface area (Å²) in [6.45, 7) is 7.39. The molecule has 0 saturated carbocycles. The summed E-state index contributed by atoms with van der Waals surface area (Å²) in [4.78, 5) is 16.8. The quantitative estimate of drug-likeness (QED) is 0.857. The predicted octanol–water partition coefficient (Wildman–Crippen LogP) is 1.93. The summed E-state index contributed by atoms with van der Waals surface area (Å²) in [6.07, 6.45) is 0. The second kappa shape index (κ2) is 8.38. The van der Waals surface area contributed by atoms with Gasteiger partial charge in [-0.3, -0.25) is 9.69 Å². The number of methoxy groups -OCH3 is 2. The van der Waals surface area contributed by atoms with Gasteiger partial charge in [-0.1, -0.05) is 18.5 Å². The summed E-state index contributed by atoms with van der Waals surface area (Å²) >= 11 is 6.07. The van der Waals surface area contributed by atoms with Gasteiger partial charge in [0.1, 0.15) is 11.5 Å². The first-order chi connectivity index (χ1) is 11.1. The molecule has 0 unspecified atom stereocenters. The summed E-state index contributed by atoms with van der Waals surface area (Å²) in [6, 6.07) is 3.31. The molecule has 0 radical (unpaired) electrons. The molecule has 1 saturated heterocycles. The molecule has 1 heterocycles. The number of hydrogen-bond donors (Lipinski definition) is 1. The number of amides is 1. The van der Waals surface area contributed by atoms with Gasteiger partial charge in [-0.25, -0.2) is 0 Å². The van der Waals surface area contributed by atoms with E-state index in [1.165, 1.54) is 14.2 Å². The van der Waals surface area contributed by atoms with Crippen LogP contribution >= 0.6 is 11.6 Å². The number of piperazine rings is 1. The van der Waals surface area contributed by atoms with Crippen molar-refractivity contribution in [2.75, 3.05) is 58.8 Å². The molecule has 1 aromatic carbocycles. The lowest BCUT2D eigenvalue weighted by atomic mass is 10.2. The number of likely N-dealkylation sites (N-methyl/N-ethyl adjacent to an activating group) is 1. The number of benzene rings is 1. The van der Waals surface area contributed by atoms with Crippen LogP contribution in [0.3, 0.4) is 0 Å². The molecule has 23 heavy (non-hydrogen) atoms. The van der Waals surface area contributed by atoms with Crippen LogP contribution in [0.5, 0.6) is 11.5 Å². The Morgan fingerprint density at radius 3 is 2.30 bits per heavy atom. The second-order valence-electron chi connectivity index (χ2n) is 5.45. The lowest BCUT2D eigenvalue weighted by Crippen LogP contribution is -2.48. The van der Waals surface area contributed by atoms with E-state index in [2.05, 4.69) is 22.0 Å². The van der Waals surface area contributed by atoms with Crippen LogP contribution in [0.25, 0.3) is 0 Å². The summed E-state index contributed by atoms with van der Waals surface area (Å²) in [7, 11) is 3.07. The number of rotatable bonds is 6. The molecule has 7 heteroatoms. The maximum atomic E-state index is 12.3. The normalized spacial score (nSPS) is 16.2. The van der Waals surface area contributed by atoms with E-state index in [-0.39, 0.29) is 5.91 Å². The zero-order valence-electron chi connectivity index (χ0n) is 13.9. The lowest BCUT2D eigenvalue weighted by molar-refractivity contribution is -0.117.